The molecule has 164 valence electrons. The average Bonchev–Trinajstić information content (AvgIpc) is 3.19. The molecule has 1 saturated heterocycles. The molecule has 0 bridgehead atoms. The second kappa shape index (κ2) is 12.0. The molecular formula is C24H34FN3O2. The van der Waals surface area contributed by atoms with E-state index >= 15 is 0 Å². The lowest BCUT2D eigenvalue weighted by Crippen LogP contribution is -2.43. The number of benzene rings is 1. The Hall–Kier alpha value is -1.99. The summed E-state index contributed by atoms with van der Waals surface area (Å²) in [5.74, 6) is -0.179. The molecule has 30 heavy (non-hydrogen) atoms. The van der Waals surface area contributed by atoms with Crippen LogP contribution in [0.4, 0.5) is 4.39 Å². The van der Waals surface area contributed by atoms with Gasteiger partial charge in [-0.3, -0.25) is 9.80 Å². The van der Waals surface area contributed by atoms with E-state index in [1.54, 1.807) is 6.07 Å². The molecule has 2 heterocycles. The fraction of sp³-hybridized carbons (Fsp3) is 0.500. The summed E-state index contributed by atoms with van der Waals surface area (Å²) in [6.45, 7) is 10.9. The van der Waals surface area contributed by atoms with Crippen molar-refractivity contribution in [2.45, 2.75) is 32.0 Å². The Kier molecular flexibility index (Phi) is 9.08. The third-order valence-electron chi connectivity index (χ3n) is 5.62. The monoisotopic (exact) mass is 415 g/mol. The maximum Gasteiger partial charge on any atom is 0.128 e. The zero-order chi connectivity index (χ0) is 21.2. The Labute approximate surface area is 179 Å². The predicted molar refractivity (Wildman–Crippen MR) is 118 cm³/mol. The zero-order valence-electron chi connectivity index (χ0n) is 17.8. The molecule has 6 heteroatoms. The number of allylic oxidation sites excluding steroid dienone is 1. The molecule has 5 nitrogen and oxygen atoms in total. The van der Waals surface area contributed by atoms with Crippen molar-refractivity contribution in [1.29, 1.82) is 0 Å². The first kappa shape index (κ1) is 22.7. The van der Waals surface area contributed by atoms with E-state index in [-0.39, 0.29) is 11.9 Å². The van der Waals surface area contributed by atoms with Gasteiger partial charge >= 0.3 is 0 Å². The number of aliphatic hydroxyl groups excluding tert-OH is 1. The smallest absolute Gasteiger partial charge is 0.128 e. The van der Waals surface area contributed by atoms with Gasteiger partial charge in [0.05, 0.1) is 25.9 Å². The van der Waals surface area contributed by atoms with E-state index in [0.717, 1.165) is 58.1 Å². The normalized spacial score (nSPS) is 16.1. The maximum atomic E-state index is 14.1. The molecule has 0 aliphatic carbocycles. The van der Waals surface area contributed by atoms with Crippen molar-refractivity contribution in [3.63, 3.8) is 0 Å². The van der Waals surface area contributed by atoms with Gasteiger partial charge in [-0.25, -0.2) is 4.39 Å². The van der Waals surface area contributed by atoms with Crippen LogP contribution in [0.1, 0.15) is 24.1 Å². The van der Waals surface area contributed by atoms with Gasteiger partial charge in [-0.05, 0) is 31.0 Å². The standard InChI is InChI=1S/C24H34FN3O2/c1-2-3-9-23(29)20-27(13-12-26-14-16-30-17-15-26)19-22-8-6-11-28(22)18-21-7-4-5-10-24(21)25/h2,4-8,10-11,23,29H,1,3,9,12-20H2. The summed E-state index contributed by atoms with van der Waals surface area (Å²) in [7, 11) is 0. The molecule has 1 N–H and O–H groups in total. The van der Waals surface area contributed by atoms with Gasteiger partial charge in [0.25, 0.3) is 0 Å². The largest absolute Gasteiger partial charge is 0.392 e. The first-order chi connectivity index (χ1) is 14.7. The van der Waals surface area contributed by atoms with Gasteiger partial charge in [0.1, 0.15) is 5.82 Å². The van der Waals surface area contributed by atoms with E-state index in [9.17, 15) is 9.50 Å². The molecule has 0 saturated carbocycles. The molecule has 0 spiro atoms. The van der Waals surface area contributed by atoms with Crippen LogP contribution < -0.4 is 0 Å². The van der Waals surface area contributed by atoms with Crippen molar-refractivity contribution < 1.29 is 14.2 Å². The third kappa shape index (κ3) is 7.06. The van der Waals surface area contributed by atoms with Crippen LogP contribution >= 0.6 is 0 Å². The van der Waals surface area contributed by atoms with Crippen LogP contribution in [0.15, 0.2) is 55.3 Å². The fourth-order valence-corrected chi connectivity index (χ4v) is 3.83. The summed E-state index contributed by atoms with van der Waals surface area (Å²) in [4.78, 5) is 4.71. The molecule has 0 amide bonds. The van der Waals surface area contributed by atoms with E-state index in [2.05, 4.69) is 27.0 Å². The van der Waals surface area contributed by atoms with Crippen LogP contribution in [0.3, 0.4) is 0 Å². The van der Waals surface area contributed by atoms with Gasteiger partial charge in [-0.1, -0.05) is 24.3 Å². The van der Waals surface area contributed by atoms with E-state index < -0.39 is 0 Å². The number of halogens is 1. The molecule has 1 aromatic heterocycles. The van der Waals surface area contributed by atoms with Crippen LogP contribution in [-0.4, -0.2) is 71.5 Å². The van der Waals surface area contributed by atoms with Gasteiger partial charge in [-0.15, -0.1) is 6.58 Å². The summed E-state index contributed by atoms with van der Waals surface area (Å²) < 4.78 is 21.6. The van der Waals surface area contributed by atoms with Crippen molar-refractivity contribution in [2.75, 3.05) is 45.9 Å². The van der Waals surface area contributed by atoms with Crippen molar-refractivity contribution >= 4 is 0 Å². The number of hydrogen-bond acceptors (Lipinski definition) is 4. The molecule has 3 rings (SSSR count). The molecule has 0 radical (unpaired) electrons. The summed E-state index contributed by atoms with van der Waals surface area (Å²) >= 11 is 0. The van der Waals surface area contributed by atoms with Crippen LogP contribution in [0.25, 0.3) is 0 Å². The minimum Gasteiger partial charge on any atom is -0.392 e. The Morgan fingerprint density at radius 2 is 2.00 bits per heavy atom. The zero-order valence-corrected chi connectivity index (χ0v) is 17.8. The summed E-state index contributed by atoms with van der Waals surface area (Å²) in [6, 6.07) is 11.0. The van der Waals surface area contributed by atoms with Crippen LogP contribution in [-0.2, 0) is 17.8 Å². The number of aromatic nitrogens is 1. The lowest BCUT2D eigenvalue weighted by molar-refractivity contribution is 0.0286. The minimum atomic E-state index is -0.386. The summed E-state index contributed by atoms with van der Waals surface area (Å²) in [6.07, 6.45) is 4.98. The van der Waals surface area contributed by atoms with Crippen molar-refractivity contribution in [1.82, 2.24) is 14.4 Å². The number of aliphatic hydroxyl groups is 1. The van der Waals surface area contributed by atoms with Gasteiger partial charge in [0.2, 0.25) is 0 Å². The summed E-state index contributed by atoms with van der Waals surface area (Å²) in [5.41, 5.74) is 1.80. The molecule has 1 fully saturated rings. The Balaban J connectivity index is 1.64. The lowest BCUT2D eigenvalue weighted by Gasteiger charge is -2.31. The highest BCUT2D eigenvalue weighted by molar-refractivity contribution is 5.19. The number of ether oxygens (including phenoxy) is 1. The number of rotatable bonds is 12. The molecular weight excluding hydrogens is 381 g/mol. The highest BCUT2D eigenvalue weighted by Crippen LogP contribution is 2.14. The van der Waals surface area contributed by atoms with Crippen LogP contribution in [0, 0.1) is 5.82 Å². The minimum absolute atomic E-state index is 0.179. The van der Waals surface area contributed by atoms with Gasteiger partial charge in [-0.2, -0.15) is 0 Å². The second-order valence-corrected chi connectivity index (χ2v) is 7.93. The fourth-order valence-electron chi connectivity index (χ4n) is 3.83. The molecule has 2 aromatic rings. The number of hydrogen-bond donors (Lipinski definition) is 1. The first-order valence-corrected chi connectivity index (χ1v) is 10.8. The topological polar surface area (TPSA) is 40.9 Å². The van der Waals surface area contributed by atoms with E-state index in [1.165, 1.54) is 6.07 Å². The molecule has 1 aromatic carbocycles. The van der Waals surface area contributed by atoms with Gasteiger partial charge in [0.15, 0.2) is 0 Å². The Morgan fingerprint density at radius 1 is 1.20 bits per heavy atom. The Morgan fingerprint density at radius 3 is 2.77 bits per heavy atom. The summed E-state index contributed by atoms with van der Waals surface area (Å²) in [5, 5.41) is 10.5. The van der Waals surface area contributed by atoms with Crippen LogP contribution in [0.2, 0.25) is 0 Å². The van der Waals surface area contributed by atoms with E-state index in [4.69, 9.17) is 4.74 Å². The Bertz CT molecular complexity index is 773. The third-order valence-corrected chi connectivity index (χ3v) is 5.62. The van der Waals surface area contributed by atoms with Gasteiger partial charge < -0.3 is 14.4 Å². The van der Waals surface area contributed by atoms with Crippen molar-refractivity contribution in [3.05, 3.63) is 72.3 Å². The lowest BCUT2D eigenvalue weighted by atomic mass is 10.1. The van der Waals surface area contributed by atoms with Crippen LogP contribution in [0.5, 0.6) is 0 Å². The average molecular weight is 416 g/mol. The molecule has 1 aliphatic heterocycles. The predicted octanol–water partition coefficient (Wildman–Crippen LogP) is 3.14. The maximum absolute atomic E-state index is 14.1. The van der Waals surface area contributed by atoms with E-state index in [1.807, 2.05) is 30.5 Å². The second-order valence-electron chi connectivity index (χ2n) is 7.93. The number of morpholine rings is 1. The SMILES string of the molecule is C=CCCC(O)CN(CCN1CCOCC1)Cc1cccn1Cc1ccccc1F. The van der Waals surface area contributed by atoms with Crippen molar-refractivity contribution in [3.8, 4) is 0 Å². The highest BCUT2D eigenvalue weighted by atomic mass is 19.1. The highest BCUT2D eigenvalue weighted by Gasteiger charge is 2.17. The quantitative estimate of drug-likeness (QED) is 0.541. The van der Waals surface area contributed by atoms with Crippen molar-refractivity contribution in [2.24, 2.45) is 0 Å². The molecule has 1 aliphatic rings. The first-order valence-electron chi connectivity index (χ1n) is 10.8. The van der Waals surface area contributed by atoms with E-state index in [0.29, 0.717) is 25.1 Å². The molecule has 1 unspecified atom stereocenters. The number of nitrogens with zero attached hydrogens (tertiary/aromatic N) is 3. The molecule has 1 atom stereocenters. The van der Waals surface area contributed by atoms with Gasteiger partial charge in [0, 0.05) is 56.7 Å².